The van der Waals surface area contributed by atoms with Crippen molar-refractivity contribution in [2.45, 2.75) is 25.3 Å². The Morgan fingerprint density at radius 3 is 2.73 bits per heavy atom. The van der Waals surface area contributed by atoms with Crippen LogP contribution in [0.25, 0.3) is 0 Å². The Morgan fingerprint density at radius 1 is 1.64 bits per heavy atom. The maximum absolute atomic E-state index is 11.0. The summed E-state index contributed by atoms with van der Waals surface area (Å²) in [5, 5.41) is 2.80. The van der Waals surface area contributed by atoms with Crippen molar-refractivity contribution in [2.75, 3.05) is 0 Å². The van der Waals surface area contributed by atoms with Crippen LogP contribution in [0.4, 0.5) is 0 Å². The molecule has 1 saturated carbocycles. The van der Waals surface area contributed by atoms with Crippen LogP contribution in [0.2, 0.25) is 0 Å². The summed E-state index contributed by atoms with van der Waals surface area (Å²) in [6.45, 7) is 0. The Kier molecular flexibility index (Phi) is 1.78. The van der Waals surface area contributed by atoms with Crippen molar-refractivity contribution in [3.05, 3.63) is 20.1 Å². The number of hydrogen-bond donors (Lipinski definition) is 1. The van der Waals surface area contributed by atoms with Crippen molar-refractivity contribution in [1.29, 1.82) is 0 Å². The third kappa shape index (κ3) is 1.23. The van der Waals surface area contributed by atoms with E-state index in [0.29, 0.717) is 6.04 Å². The maximum Gasteiger partial charge on any atom is 0.277 e. The molecule has 1 aliphatic rings. The van der Waals surface area contributed by atoms with Crippen molar-refractivity contribution in [3.8, 4) is 0 Å². The summed E-state index contributed by atoms with van der Waals surface area (Å²) in [6, 6.07) is 0.561. The first kappa shape index (κ1) is 7.39. The fraction of sp³-hybridized carbons (Fsp3) is 0.571. The van der Waals surface area contributed by atoms with Crippen LogP contribution < -0.4 is 5.56 Å². The molecule has 0 aliphatic heterocycles. The lowest BCUT2D eigenvalue weighted by Crippen LogP contribution is -2.19. The number of rotatable bonds is 1. The van der Waals surface area contributed by atoms with E-state index in [1.54, 1.807) is 0 Å². The SMILES string of the molecule is O=c1[nH]n(C2CCC2)cc1I. The molecule has 3 nitrogen and oxygen atoms in total. The minimum absolute atomic E-state index is 0.0394. The summed E-state index contributed by atoms with van der Waals surface area (Å²) in [4.78, 5) is 11.0. The molecule has 4 heteroatoms. The van der Waals surface area contributed by atoms with Gasteiger partial charge in [0.2, 0.25) is 0 Å². The van der Waals surface area contributed by atoms with E-state index < -0.39 is 0 Å². The molecule has 0 atom stereocenters. The molecule has 1 fully saturated rings. The van der Waals surface area contributed by atoms with Gasteiger partial charge in [0.15, 0.2) is 0 Å². The lowest BCUT2D eigenvalue weighted by Gasteiger charge is -2.25. The zero-order valence-electron chi connectivity index (χ0n) is 6.01. The molecule has 1 aromatic heterocycles. The van der Waals surface area contributed by atoms with Gasteiger partial charge in [-0.05, 0) is 41.9 Å². The average molecular weight is 264 g/mol. The Balaban J connectivity index is 2.31. The standard InChI is InChI=1S/C7H9IN2O/c8-6-4-10(9-7(6)11)5-2-1-3-5/h4-5H,1-3H2,(H,9,11). The van der Waals surface area contributed by atoms with Gasteiger partial charge in [0.1, 0.15) is 0 Å². The quantitative estimate of drug-likeness (QED) is 0.767. The van der Waals surface area contributed by atoms with Crippen LogP contribution in [-0.4, -0.2) is 9.78 Å². The zero-order valence-corrected chi connectivity index (χ0v) is 8.17. The molecule has 11 heavy (non-hydrogen) atoms. The number of aromatic nitrogens is 2. The highest BCUT2D eigenvalue weighted by Gasteiger charge is 2.19. The lowest BCUT2D eigenvalue weighted by atomic mass is 9.93. The molecule has 0 bridgehead atoms. The second kappa shape index (κ2) is 2.66. The van der Waals surface area contributed by atoms with E-state index in [9.17, 15) is 4.79 Å². The third-order valence-corrected chi connectivity index (χ3v) is 2.94. The summed E-state index contributed by atoms with van der Waals surface area (Å²) in [7, 11) is 0. The maximum atomic E-state index is 11.0. The number of H-pyrrole nitrogens is 1. The van der Waals surface area contributed by atoms with E-state index in [4.69, 9.17) is 0 Å². The smallest absolute Gasteiger partial charge is 0.277 e. The van der Waals surface area contributed by atoms with Crippen LogP contribution in [0.5, 0.6) is 0 Å². The van der Waals surface area contributed by atoms with E-state index >= 15 is 0 Å². The summed E-state index contributed by atoms with van der Waals surface area (Å²) < 4.78 is 2.72. The second-order valence-corrected chi connectivity index (χ2v) is 4.07. The summed E-state index contributed by atoms with van der Waals surface area (Å²) in [5.74, 6) is 0. The molecule has 0 radical (unpaired) electrons. The lowest BCUT2D eigenvalue weighted by molar-refractivity contribution is 0.288. The Hall–Kier alpha value is -0.260. The molecule has 1 aromatic rings. The molecule has 1 N–H and O–H groups in total. The second-order valence-electron chi connectivity index (χ2n) is 2.91. The average Bonchev–Trinajstić information content (AvgIpc) is 2.08. The van der Waals surface area contributed by atoms with Gasteiger partial charge in [0.05, 0.1) is 3.57 Å². The molecule has 0 spiro atoms. The number of nitrogens with zero attached hydrogens (tertiary/aromatic N) is 1. The minimum atomic E-state index is 0.0394. The molecule has 1 heterocycles. The van der Waals surface area contributed by atoms with E-state index in [1.165, 1.54) is 19.3 Å². The first-order valence-corrected chi connectivity index (χ1v) is 4.82. The van der Waals surface area contributed by atoms with Crippen LogP contribution >= 0.6 is 22.6 Å². The van der Waals surface area contributed by atoms with E-state index in [-0.39, 0.29) is 5.56 Å². The van der Waals surface area contributed by atoms with Gasteiger partial charge in [-0.25, -0.2) is 0 Å². The fourth-order valence-corrected chi connectivity index (χ4v) is 1.67. The van der Waals surface area contributed by atoms with Gasteiger partial charge in [-0.1, -0.05) is 0 Å². The molecule has 0 amide bonds. The van der Waals surface area contributed by atoms with Gasteiger partial charge in [0.25, 0.3) is 5.56 Å². The largest absolute Gasteiger partial charge is 0.288 e. The van der Waals surface area contributed by atoms with Crippen molar-refractivity contribution in [1.82, 2.24) is 9.78 Å². The normalized spacial score (nSPS) is 18.3. The zero-order chi connectivity index (χ0) is 7.84. The van der Waals surface area contributed by atoms with E-state index in [2.05, 4.69) is 27.7 Å². The van der Waals surface area contributed by atoms with Gasteiger partial charge in [-0.2, -0.15) is 0 Å². The summed E-state index contributed by atoms with van der Waals surface area (Å²) >= 11 is 2.05. The molecular formula is C7H9IN2O. The van der Waals surface area contributed by atoms with Crippen molar-refractivity contribution >= 4 is 22.6 Å². The van der Waals surface area contributed by atoms with Gasteiger partial charge in [-0.3, -0.25) is 14.6 Å². The van der Waals surface area contributed by atoms with Crippen LogP contribution in [-0.2, 0) is 0 Å². The molecule has 0 aromatic carbocycles. The summed E-state index contributed by atoms with van der Waals surface area (Å²) in [5.41, 5.74) is 0.0394. The minimum Gasteiger partial charge on any atom is -0.288 e. The molecular weight excluding hydrogens is 255 g/mol. The first-order valence-electron chi connectivity index (χ1n) is 3.74. The van der Waals surface area contributed by atoms with Gasteiger partial charge in [0, 0.05) is 12.2 Å². The van der Waals surface area contributed by atoms with Crippen LogP contribution in [0.1, 0.15) is 25.3 Å². The number of aromatic amines is 1. The monoisotopic (exact) mass is 264 g/mol. The number of halogens is 1. The Morgan fingerprint density at radius 2 is 2.36 bits per heavy atom. The summed E-state index contributed by atoms with van der Waals surface area (Å²) in [6.07, 6.45) is 5.61. The highest BCUT2D eigenvalue weighted by Crippen LogP contribution is 2.30. The number of nitrogens with one attached hydrogen (secondary N) is 1. The van der Waals surface area contributed by atoms with Crippen LogP contribution in [0.15, 0.2) is 11.0 Å². The van der Waals surface area contributed by atoms with Gasteiger partial charge >= 0.3 is 0 Å². The molecule has 60 valence electrons. The van der Waals surface area contributed by atoms with Crippen molar-refractivity contribution in [2.24, 2.45) is 0 Å². The van der Waals surface area contributed by atoms with Gasteiger partial charge in [-0.15, -0.1) is 0 Å². The first-order chi connectivity index (χ1) is 5.27. The van der Waals surface area contributed by atoms with Crippen LogP contribution in [0, 0.1) is 3.57 Å². The van der Waals surface area contributed by atoms with Crippen molar-refractivity contribution in [3.63, 3.8) is 0 Å². The highest BCUT2D eigenvalue weighted by atomic mass is 127. The highest BCUT2D eigenvalue weighted by molar-refractivity contribution is 14.1. The molecule has 0 unspecified atom stereocenters. The van der Waals surface area contributed by atoms with E-state index in [0.717, 1.165) is 3.57 Å². The van der Waals surface area contributed by atoms with Crippen LogP contribution in [0.3, 0.4) is 0 Å². The predicted molar refractivity (Wildman–Crippen MR) is 50.7 cm³/mol. The van der Waals surface area contributed by atoms with Crippen molar-refractivity contribution < 1.29 is 0 Å². The molecule has 0 saturated heterocycles. The van der Waals surface area contributed by atoms with E-state index in [1.807, 2.05) is 10.9 Å². The molecule has 2 rings (SSSR count). The number of hydrogen-bond acceptors (Lipinski definition) is 1. The third-order valence-electron chi connectivity index (χ3n) is 2.17. The topological polar surface area (TPSA) is 37.8 Å². The molecule has 1 aliphatic carbocycles. The Bertz CT molecular complexity index is 310. The predicted octanol–water partition coefficient (Wildman–Crippen LogP) is 1.51. The Labute approximate surface area is 77.9 Å². The fourth-order valence-electron chi connectivity index (χ4n) is 1.25. The van der Waals surface area contributed by atoms with Gasteiger partial charge < -0.3 is 0 Å².